The number of thiocarbonyl (C=S) groups is 1. The minimum absolute atomic E-state index is 0.243. The Morgan fingerprint density at radius 1 is 1.13 bits per heavy atom. The van der Waals surface area contributed by atoms with Gasteiger partial charge in [-0.05, 0) is 24.3 Å². The summed E-state index contributed by atoms with van der Waals surface area (Å²) < 4.78 is 0. The van der Waals surface area contributed by atoms with E-state index in [9.17, 15) is 0 Å². The smallest absolute Gasteiger partial charge is 0.122 e. The summed E-state index contributed by atoms with van der Waals surface area (Å²) in [5.41, 5.74) is 6.65. The molecule has 0 unspecified atom stereocenters. The molecule has 2 rings (SSSR count). The van der Waals surface area contributed by atoms with Crippen molar-refractivity contribution >= 4 is 51.3 Å². The second-order valence-electron chi connectivity index (χ2n) is 2.99. The molecular weight excluding hydrogens is 251 g/mol. The lowest BCUT2D eigenvalue weighted by atomic mass is 10.2. The van der Waals surface area contributed by atoms with Gasteiger partial charge in [0.05, 0.1) is 21.3 Å². The van der Waals surface area contributed by atoms with Crippen molar-refractivity contribution in [3.63, 3.8) is 0 Å². The minimum atomic E-state index is 0.243. The van der Waals surface area contributed by atoms with Gasteiger partial charge in [0.25, 0.3) is 0 Å². The number of nitrogens with two attached hydrogens (primary N) is 1. The lowest BCUT2D eigenvalue weighted by Crippen LogP contribution is -2.11. The molecule has 15 heavy (non-hydrogen) atoms. The maximum Gasteiger partial charge on any atom is 0.122 e. The Balaban J connectivity index is 2.81. The Hall–Kier alpha value is -0.900. The summed E-state index contributed by atoms with van der Waals surface area (Å²) in [6.07, 6.45) is 0. The van der Waals surface area contributed by atoms with E-state index < -0.39 is 0 Å². The highest BCUT2D eigenvalue weighted by atomic mass is 35.5. The van der Waals surface area contributed by atoms with Crippen LogP contribution in [0.1, 0.15) is 5.69 Å². The molecule has 0 fully saturated rings. The number of aromatic nitrogens is 1. The molecule has 1 aromatic heterocycles. The van der Waals surface area contributed by atoms with Crippen LogP contribution in [-0.2, 0) is 0 Å². The molecule has 0 spiro atoms. The maximum absolute atomic E-state index is 6.00. The van der Waals surface area contributed by atoms with E-state index >= 15 is 0 Å². The van der Waals surface area contributed by atoms with Crippen LogP contribution in [0, 0.1) is 0 Å². The van der Waals surface area contributed by atoms with E-state index in [1.807, 2.05) is 6.07 Å². The summed E-state index contributed by atoms with van der Waals surface area (Å²) in [5.74, 6) is 0. The van der Waals surface area contributed by atoms with Gasteiger partial charge in [0.1, 0.15) is 4.99 Å². The summed E-state index contributed by atoms with van der Waals surface area (Å²) in [5, 5.41) is 1.94. The van der Waals surface area contributed by atoms with Gasteiger partial charge < -0.3 is 5.73 Å². The fraction of sp³-hybridized carbons (Fsp3) is 0. The van der Waals surface area contributed by atoms with E-state index in [4.69, 9.17) is 41.2 Å². The van der Waals surface area contributed by atoms with Gasteiger partial charge in [0.15, 0.2) is 0 Å². The largest absolute Gasteiger partial charge is 0.388 e. The first-order chi connectivity index (χ1) is 7.09. The van der Waals surface area contributed by atoms with Crippen molar-refractivity contribution in [2.24, 2.45) is 5.73 Å². The predicted molar refractivity (Wildman–Crippen MR) is 67.7 cm³/mol. The number of hydrogen-bond acceptors (Lipinski definition) is 2. The van der Waals surface area contributed by atoms with Crippen LogP contribution in [0.3, 0.4) is 0 Å². The van der Waals surface area contributed by atoms with E-state index in [1.54, 1.807) is 18.2 Å². The van der Waals surface area contributed by atoms with Gasteiger partial charge in [-0.1, -0.05) is 35.4 Å². The van der Waals surface area contributed by atoms with Crippen LogP contribution in [0.2, 0.25) is 10.0 Å². The third-order valence-corrected chi connectivity index (χ3v) is 2.85. The molecule has 0 amide bonds. The van der Waals surface area contributed by atoms with Crippen LogP contribution in [0.15, 0.2) is 24.3 Å². The summed E-state index contributed by atoms with van der Waals surface area (Å²) in [6, 6.07) is 6.97. The molecule has 0 aliphatic rings. The quantitative estimate of drug-likeness (QED) is 0.797. The van der Waals surface area contributed by atoms with E-state index in [1.165, 1.54) is 0 Å². The molecular formula is C10H6Cl2N2S. The van der Waals surface area contributed by atoms with E-state index in [0.29, 0.717) is 21.3 Å². The third kappa shape index (κ3) is 1.91. The number of benzene rings is 1. The average molecular weight is 257 g/mol. The standard InChI is InChI=1S/C10H6Cl2N2S/c11-6-2-3-7(12)9-5(6)1-4-8(14-9)10(13)15/h1-4H,(H2,13,15). The van der Waals surface area contributed by atoms with Crippen molar-refractivity contribution in [3.8, 4) is 0 Å². The van der Waals surface area contributed by atoms with Crippen molar-refractivity contribution in [2.75, 3.05) is 0 Å². The Morgan fingerprint density at radius 2 is 1.80 bits per heavy atom. The zero-order chi connectivity index (χ0) is 11.0. The van der Waals surface area contributed by atoms with Gasteiger partial charge in [-0.2, -0.15) is 0 Å². The van der Waals surface area contributed by atoms with E-state index in [2.05, 4.69) is 4.98 Å². The first kappa shape index (κ1) is 10.6. The monoisotopic (exact) mass is 256 g/mol. The molecule has 1 aromatic carbocycles. The molecule has 2 N–H and O–H groups in total. The predicted octanol–water partition coefficient (Wildman–Crippen LogP) is 3.18. The number of halogens is 2. The molecule has 0 atom stereocenters. The molecule has 2 aromatic rings. The molecule has 0 saturated carbocycles. The lowest BCUT2D eigenvalue weighted by Gasteiger charge is -2.04. The number of pyridine rings is 1. The summed E-state index contributed by atoms with van der Waals surface area (Å²) >= 11 is 16.8. The molecule has 0 bridgehead atoms. The van der Waals surface area contributed by atoms with Gasteiger partial charge in [-0.3, -0.25) is 0 Å². The Bertz CT molecular complexity index is 554. The van der Waals surface area contributed by atoms with Crippen LogP contribution >= 0.6 is 35.4 Å². The fourth-order valence-corrected chi connectivity index (χ4v) is 1.82. The normalized spacial score (nSPS) is 10.5. The summed E-state index contributed by atoms with van der Waals surface area (Å²) in [7, 11) is 0. The molecule has 2 nitrogen and oxygen atoms in total. The van der Waals surface area contributed by atoms with E-state index in [-0.39, 0.29) is 4.99 Å². The average Bonchev–Trinajstić information content (AvgIpc) is 2.23. The number of hydrogen-bond donors (Lipinski definition) is 1. The first-order valence-electron chi connectivity index (χ1n) is 4.14. The van der Waals surface area contributed by atoms with Crippen molar-refractivity contribution in [1.82, 2.24) is 4.98 Å². The topological polar surface area (TPSA) is 38.9 Å². The molecule has 0 saturated heterocycles. The van der Waals surface area contributed by atoms with Gasteiger partial charge in [0, 0.05) is 5.39 Å². The van der Waals surface area contributed by atoms with Crippen molar-refractivity contribution in [2.45, 2.75) is 0 Å². The van der Waals surface area contributed by atoms with Crippen LogP contribution in [0.5, 0.6) is 0 Å². The summed E-state index contributed by atoms with van der Waals surface area (Å²) in [6.45, 7) is 0. The molecule has 0 aliphatic carbocycles. The molecule has 0 aliphatic heterocycles. The van der Waals surface area contributed by atoms with Gasteiger partial charge in [-0.15, -0.1) is 0 Å². The van der Waals surface area contributed by atoms with Crippen molar-refractivity contribution in [1.29, 1.82) is 0 Å². The Morgan fingerprint density at radius 3 is 2.47 bits per heavy atom. The highest BCUT2D eigenvalue weighted by Crippen LogP contribution is 2.28. The van der Waals surface area contributed by atoms with Crippen molar-refractivity contribution in [3.05, 3.63) is 40.0 Å². The number of nitrogens with zero attached hydrogens (tertiary/aromatic N) is 1. The zero-order valence-corrected chi connectivity index (χ0v) is 9.83. The third-order valence-electron chi connectivity index (χ3n) is 2.01. The Labute approximate surface area is 102 Å². The van der Waals surface area contributed by atoms with Gasteiger partial charge in [-0.25, -0.2) is 4.98 Å². The maximum atomic E-state index is 6.00. The van der Waals surface area contributed by atoms with E-state index in [0.717, 1.165) is 5.39 Å². The number of fused-ring (bicyclic) bond motifs is 1. The number of rotatable bonds is 1. The molecule has 5 heteroatoms. The second-order valence-corrected chi connectivity index (χ2v) is 4.24. The van der Waals surface area contributed by atoms with Crippen molar-refractivity contribution < 1.29 is 0 Å². The first-order valence-corrected chi connectivity index (χ1v) is 5.30. The van der Waals surface area contributed by atoms with Gasteiger partial charge >= 0.3 is 0 Å². The molecule has 1 heterocycles. The van der Waals surface area contributed by atoms with Crippen LogP contribution in [0.25, 0.3) is 10.9 Å². The van der Waals surface area contributed by atoms with Gasteiger partial charge in [0.2, 0.25) is 0 Å². The fourth-order valence-electron chi connectivity index (χ4n) is 1.29. The highest BCUT2D eigenvalue weighted by Gasteiger charge is 2.06. The SMILES string of the molecule is NC(=S)c1ccc2c(Cl)ccc(Cl)c2n1. The summed E-state index contributed by atoms with van der Waals surface area (Å²) in [4.78, 5) is 4.50. The minimum Gasteiger partial charge on any atom is -0.388 e. The lowest BCUT2D eigenvalue weighted by molar-refractivity contribution is 1.36. The molecule has 0 radical (unpaired) electrons. The Kier molecular flexibility index (Phi) is 2.78. The van der Waals surface area contributed by atoms with Crippen LogP contribution < -0.4 is 5.73 Å². The second kappa shape index (κ2) is 3.93. The zero-order valence-electron chi connectivity index (χ0n) is 7.50. The van der Waals surface area contributed by atoms with Crippen LogP contribution in [0.4, 0.5) is 0 Å². The van der Waals surface area contributed by atoms with Crippen LogP contribution in [-0.4, -0.2) is 9.97 Å². The highest BCUT2D eigenvalue weighted by molar-refractivity contribution is 7.80. The molecule has 76 valence electrons.